The maximum atomic E-state index is 5.13. The SMILES string of the molecule is C/C=C\Cc1nc(CN(C)[C@H]2CCCc3cccnc32)c(C)n1CN1CCN(C)CC1. The normalized spacial score (nSPS) is 20.6. The molecular formula is C25H38N6. The van der Waals surface area contributed by atoms with Gasteiger partial charge < -0.3 is 9.47 Å². The van der Waals surface area contributed by atoms with Crippen molar-refractivity contribution in [2.75, 3.05) is 40.3 Å². The lowest BCUT2D eigenvalue weighted by molar-refractivity contribution is 0.123. The molecule has 4 rings (SSSR count). The van der Waals surface area contributed by atoms with Crippen LogP contribution < -0.4 is 0 Å². The van der Waals surface area contributed by atoms with Crippen LogP contribution in [0.15, 0.2) is 30.5 Å². The van der Waals surface area contributed by atoms with Crippen LogP contribution >= 0.6 is 0 Å². The number of nitrogens with zero attached hydrogens (tertiary/aromatic N) is 6. The van der Waals surface area contributed by atoms with E-state index in [-0.39, 0.29) is 0 Å². The van der Waals surface area contributed by atoms with Crippen LogP contribution in [0.1, 0.15) is 54.3 Å². The third kappa shape index (κ3) is 5.08. The van der Waals surface area contributed by atoms with E-state index in [1.165, 1.54) is 41.3 Å². The summed E-state index contributed by atoms with van der Waals surface area (Å²) in [4.78, 5) is 17.3. The van der Waals surface area contributed by atoms with Gasteiger partial charge in [0.05, 0.1) is 24.1 Å². The van der Waals surface area contributed by atoms with Crippen molar-refractivity contribution in [2.24, 2.45) is 0 Å². The largest absolute Gasteiger partial charge is 0.318 e. The van der Waals surface area contributed by atoms with Crippen LogP contribution in [0.5, 0.6) is 0 Å². The molecule has 0 bridgehead atoms. The topological polar surface area (TPSA) is 40.4 Å². The maximum absolute atomic E-state index is 5.13. The van der Waals surface area contributed by atoms with Gasteiger partial charge in [-0.25, -0.2) is 4.98 Å². The van der Waals surface area contributed by atoms with E-state index in [4.69, 9.17) is 9.97 Å². The fourth-order valence-corrected chi connectivity index (χ4v) is 4.91. The molecular weight excluding hydrogens is 384 g/mol. The Labute approximate surface area is 187 Å². The van der Waals surface area contributed by atoms with E-state index < -0.39 is 0 Å². The molecule has 0 amide bonds. The Bertz CT molecular complexity index is 893. The number of pyridine rings is 1. The molecule has 6 nitrogen and oxygen atoms in total. The first-order valence-corrected chi connectivity index (χ1v) is 11.8. The summed E-state index contributed by atoms with van der Waals surface area (Å²) in [6.45, 7) is 10.7. The lowest BCUT2D eigenvalue weighted by Crippen LogP contribution is -2.45. The number of rotatable bonds is 7. The number of aryl methyl sites for hydroxylation is 1. The molecule has 0 radical (unpaired) electrons. The second-order valence-corrected chi connectivity index (χ2v) is 9.19. The quantitative estimate of drug-likeness (QED) is 0.640. The van der Waals surface area contributed by atoms with Gasteiger partial charge in [-0.2, -0.15) is 0 Å². The van der Waals surface area contributed by atoms with Crippen molar-refractivity contribution < 1.29 is 0 Å². The molecule has 3 heterocycles. The lowest BCUT2D eigenvalue weighted by atomic mass is 9.91. The van der Waals surface area contributed by atoms with Gasteiger partial charge in [-0.15, -0.1) is 0 Å². The number of piperazine rings is 1. The highest BCUT2D eigenvalue weighted by atomic mass is 15.3. The van der Waals surface area contributed by atoms with Crippen molar-refractivity contribution in [3.8, 4) is 0 Å². The molecule has 6 heteroatoms. The number of allylic oxidation sites excluding steroid dienone is 2. The zero-order valence-corrected chi connectivity index (χ0v) is 19.7. The molecule has 2 aromatic heterocycles. The van der Waals surface area contributed by atoms with E-state index in [2.05, 4.69) is 71.5 Å². The van der Waals surface area contributed by atoms with Crippen molar-refractivity contribution in [1.29, 1.82) is 0 Å². The highest BCUT2D eigenvalue weighted by molar-refractivity contribution is 5.26. The van der Waals surface area contributed by atoms with Gasteiger partial charge >= 0.3 is 0 Å². The van der Waals surface area contributed by atoms with Gasteiger partial charge in [0.1, 0.15) is 5.82 Å². The Morgan fingerprint density at radius 1 is 1.23 bits per heavy atom. The molecule has 31 heavy (non-hydrogen) atoms. The highest BCUT2D eigenvalue weighted by Gasteiger charge is 2.26. The molecule has 1 aliphatic carbocycles. The Morgan fingerprint density at radius 3 is 2.81 bits per heavy atom. The third-order valence-electron chi connectivity index (χ3n) is 6.97. The minimum absolute atomic E-state index is 0.381. The molecule has 0 aromatic carbocycles. The Hall–Kier alpha value is -2.02. The molecule has 0 N–H and O–H groups in total. The van der Waals surface area contributed by atoms with Crippen LogP contribution in [0.25, 0.3) is 0 Å². The number of likely N-dealkylation sites (N-methyl/N-ethyl adjacent to an activating group) is 1. The van der Waals surface area contributed by atoms with Gasteiger partial charge in [-0.3, -0.25) is 14.8 Å². The minimum atomic E-state index is 0.381. The smallest absolute Gasteiger partial charge is 0.114 e. The van der Waals surface area contributed by atoms with Gasteiger partial charge in [-0.1, -0.05) is 18.2 Å². The van der Waals surface area contributed by atoms with Crippen LogP contribution in [-0.2, 0) is 26.1 Å². The Balaban J connectivity index is 1.53. The fourth-order valence-electron chi connectivity index (χ4n) is 4.91. The molecule has 168 valence electrons. The van der Waals surface area contributed by atoms with Gasteiger partial charge in [0.25, 0.3) is 0 Å². The molecule has 0 spiro atoms. The second-order valence-electron chi connectivity index (χ2n) is 9.19. The van der Waals surface area contributed by atoms with Crippen molar-refractivity contribution in [3.05, 3.63) is 59.0 Å². The summed E-state index contributed by atoms with van der Waals surface area (Å²) in [6.07, 6.45) is 10.7. The van der Waals surface area contributed by atoms with Gasteiger partial charge in [0.2, 0.25) is 0 Å². The lowest BCUT2D eigenvalue weighted by Gasteiger charge is -2.33. The zero-order chi connectivity index (χ0) is 21.8. The number of hydrogen-bond donors (Lipinski definition) is 0. The van der Waals surface area contributed by atoms with Crippen LogP contribution in [0.3, 0.4) is 0 Å². The molecule has 0 saturated carbocycles. The Morgan fingerprint density at radius 2 is 2.03 bits per heavy atom. The Kier molecular flexibility index (Phi) is 7.20. The average molecular weight is 423 g/mol. The summed E-state index contributed by atoms with van der Waals surface area (Å²) in [5.74, 6) is 1.18. The second kappa shape index (κ2) is 10.1. The van der Waals surface area contributed by atoms with E-state index >= 15 is 0 Å². The molecule has 0 unspecified atom stereocenters. The van der Waals surface area contributed by atoms with Crippen molar-refractivity contribution >= 4 is 0 Å². The molecule has 2 aliphatic rings. The maximum Gasteiger partial charge on any atom is 0.114 e. The first-order valence-electron chi connectivity index (χ1n) is 11.8. The molecule has 1 saturated heterocycles. The summed E-state index contributed by atoms with van der Waals surface area (Å²) >= 11 is 0. The fraction of sp³-hybridized carbons (Fsp3) is 0.600. The summed E-state index contributed by atoms with van der Waals surface area (Å²) < 4.78 is 2.45. The minimum Gasteiger partial charge on any atom is -0.318 e. The summed E-state index contributed by atoms with van der Waals surface area (Å²) in [6, 6.07) is 4.69. The van der Waals surface area contributed by atoms with E-state index in [1.54, 1.807) is 0 Å². The molecule has 1 atom stereocenters. The molecule has 2 aromatic rings. The standard InChI is InChI=1S/C25H38N6/c1-5-6-12-24-27-22(20(2)31(24)19-30-16-14-28(3)15-17-30)18-29(4)23-11-7-9-21-10-8-13-26-25(21)23/h5-6,8,10,13,23H,7,9,11-12,14-19H2,1-4H3/b6-5-/t23-/m0/s1. The molecule has 1 aliphatic heterocycles. The summed E-state index contributed by atoms with van der Waals surface area (Å²) in [5.41, 5.74) is 5.19. The summed E-state index contributed by atoms with van der Waals surface area (Å²) in [7, 11) is 4.45. The van der Waals surface area contributed by atoms with Crippen molar-refractivity contribution in [3.63, 3.8) is 0 Å². The predicted molar refractivity (Wildman–Crippen MR) is 126 cm³/mol. The van der Waals surface area contributed by atoms with E-state index in [0.29, 0.717) is 6.04 Å². The van der Waals surface area contributed by atoms with Crippen molar-refractivity contribution in [2.45, 2.75) is 58.8 Å². The first kappa shape index (κ1) is 22.2. The zero-order valence-electron chi connectivity index (χ0n) is 19.7. The van der Waals surface area contributed by atoms with E-state index in [9.17, 15) is 0 Å². The van der Waals surface area contributed by atoms with Crippen molar-refractivity contribution in [1.82, 2.24) is 29.2 Å². The van der Waals surface area contributed by atoms with Crippen LogP contribution in [0.4, 0.5) is 0 Å². The number of hydrogen-bond acceptors (Lipinski definition) is 5. The van der Waals surface area contributed by atoms with Crippen LogP contribution in [0.2, 0.25) is 0 Å². The number of imidazole rings is 1. The average Bonchev–Trinajstić information content (AvgIpc) is 3.07. The van der Waals surface area contributed by atoms with Gasteiger partial charge in [-0.05, 0) is 58.8 Å². The summed E-state index contributed by atoms with van der Waals surface area (Å²) in [5, 5.41) is 0. The number of fused-ring (bicyclic) bond motifs is 1. The van der Waals surface area contributed by atoms with Gasteiger partial charge in [0, 0.05) is 51.0 Å². The third-order valence-corrected chi connectivity index (χ3v) is 6.97. The van der Waals surface area contributed by atoms with E-state index in [0.717, 1.165) is 52.2 Å². The molecule has 1 fully saturated rings. The predicted octanol–water partition coefficient (Wildman–Crippen LogP) is 3.42. The van der Waals surface area contributed by atoms with Crippen LogP contribution in [-0.4, -0.2) is 69.5 Å². The number of aromatic nitrogens is 3. The first-order chi connectivity index (χ1) is 15.1. The van der Waals surface area contributed by atoms with Crippen LogP contribution in [0, 0.1) is 6.92 Å². The highest BCUT2D eigenvalue weighted by Crippen LogP contribution is 2.33. The van der Waals surface area contributed by atoms with Gasteiger partial charge in [0.15, 0.2) is 0 Å². The van der Waals surface area contributed by atoms with E-state index in [1.807, 2.05) is 6.20 Å². The monoisotopic (exact) mass is 422 g/mol.